The molecule has 0 unspecified atom stereocenters. The molecule has 0 bridgehead atoms. The monoisotopic (exact) mass is 431 g/mol. The molecular weight excluding hydrogens is 411 g/mol. The summed E-state index contributed by atoms with van der Waals surface area (Å²) in [7, 11) is 2.60. The molecule has 9 heteroatoms. The van der Waals surface area contributed by atoms with Crippen molar-refractivity contribution in [3.05, 3.63) is 93.2 Å². The Morgan fingerprint density at radius 3 is 2.39 bits per heavy atom. The van der Waals surface area contributed by atoms with Gasteiger partial charge in [-0.05, 0) is 17.2 Å². The Hall–Kier alpha value is -3.62. The van der Waals surface area contributed by atoms with E-state index in [1.54, 1.807) is 0 Å². The number of benzene rings is 2. The molecule has 3 aromatic rings. The number of hydrogen-bond acceptors (Lipinski definition) is 4. The van der Waals surface area contributed by atoms with Gasteiger partial charge in [-0.2, -0.15) is 13.2 Å². The minimum atomic E-state index is -4.56. The number of alkyl halides is 3. The molecule has 0 spiro atoms. The van der Waals surface area contributed by atoms with E-state index in [0.717, 1.165) is 16.2 Å². The summed E-state index contributed by atoms with van der Waals surface area (Å²) in [4.78, 5) is 29.6. The maximum Gasteiger partial charge on any atom is 0.416 e. The molecule has 1 heterocycles. The third kappa shape index (κ3) is 4.93. The first kappa shape index (κ1) is 22.1. The predicted molar refractivity (Wildman–Crippen MR) is 108 cm³/mol. The molecule has 1 aromatic heterocycles. The van der Waals surface area contributed by atoms with Crippen LogP contribution in [0.15, 0.2) is 59.4 Å². The molecule has 0 atom stereocenters. The molecule has 6 nitrogen and oxygen atoms in total. The van der Waals surface area contributed by atoms with Crippen LogP contribution in [0, 0.1) is 0 Å². The summed E-state index contributed by atoms with van der Waals surface area (Å²) in [5.41, 5.74) is -0.991. The second kappa shape index (κ2) is 9.03. The lowest BCUT2D eigenvalue weighted by Gasteiger charge is -2.16. The number of nitrogens with one attached hydrogen (secondary N) is 1. The molecule has 2 aromatic carbocycles. The standard InChI is InChI=1S/C22H20F3N3O3/c1-28-17(12-15-10-6-7-11-16(15)22(23,24)25)27-18(19(31-2)21(28)30)20(29)26-13-14-8-4-3-5-9-14/h3-11H,12-13H2,1-2H3,(H,26,29). The fourth-order valence-electron chi connectivity index (χ4n) is 3.10. The van der Waals surface area contributed by atoms with Crippen LogP contribution in [0.2, 0.25) is 0 Å². The Balaban J connectivity index is 1.97. The van der Waals surface area contributed by atoms with Gasteiger partial charge in [-0.3, -0.25) is 14.2 Å². The molecule has 1 N–H and O–H groups in total. The molecule has 0 fully saturated rings. The molecule has 0 radical (unpaired) electrons. The van der Waals surface area contributed by atoms with E-state index >= 15 is 0 Å². The van der Waals surface area contributed by atoms with Crippen molar-refractivity contribution in [2.45, 2.75) is 19.1 Å². The second-order valence-corrected chi connectivity index (χ2v) is 6.77. The maximum absolute atomic E-state index is 13.3. The molecule has 0 saturated heterocycles. The van der Waals surface area contributed by atoms with Gasteiger partial charge in [0.15, 0.2) is 5.69 Å². The quantitative estimate of drug-likeness (QED) is 0.650. The minimum absolute atomic E-state index is 0.00682. The fourth-order valence-corrected chi connectivity index (χ4v) is 3.10. The van der Waals surface area contributed by atoms with Gasteiger partial charge in [0.05, 0.1) is 12.7 Å². The summed E-state index contributed by atoms with van der Waals surface area (Å²) in [6, 6.07) is 14.1. The summed E-state index contributed by atoms with van der Waals surface area (Å²) in [5, 5.41) is 2.65. The highest BCUT2D eigenvalue weighted by Crippen LogP contribution is 2.32. The molecule has 1 amide bonds. The molecule has 3 rings (SSSR count). The maximum atomic E-state index is 13.3. The average Bonchev–Trinajstić information content (AvgIpc) is 2.75. The smallest absolute Gasteiger partial charge is 0.416 e. The Morgan fingerprint density at radius 2 is 1.74 bits per heavy atom. The fraction of sp³-hybridized carbons (Fsp3) is 0.227. The topological polar surface area (TPSA) is 73.2 Å². The van der Waals surface area contributed by atoms with Gasteiger partial charge in [-0.1, -0.05) is 48.5 Å². The molecule has 0 aliphatic rings. The number of carbonyl (C=O) groups excluding carboxylic acids is 1. The highest BCUT2D eigenvalue weighted by atomic mass is 19.4. The van der Waals surface area contributed by atoms with Crippen LogP contribution in [0.4, 0.5) is 13.2 Å². The van der Waals surface area contributed by atoms with Crippen LogP contribution < -0.4 is 15.6 Å². The summed E-state index contributed by atoms with van der Waals surface area (Å²) in [5.74, 6) is -0.933. The number of ether oxygens (including phenoxy) is 1. The summed E-state index contributed by atoms with van der Waals surface area (Å²) < 4.78 is 46.2. The SMILES string of the molecule is COc1c(C(=O)NCc2ccccc2)nc(Cc2ccccc2C(F)(F)F)n(C)c1=O. The normalized spacial score (nSPS) is 11.3. The lowest BCUT2D eigenvalue weighted by atomic mass is 10.0. The van der Waals surface area contributed by atoms with E-state index < -0.39 is 23.2 Å². The van der Waals surface area contributed by atoms with Gasteiger partial charge in [-0.15, -0.1) is 0 Å². The Morgan fingerprint density at radius 1 is 1.10 bits per heavy atom. The van der Waals surface area contributed by atoms with E-state index in [9.17, 15) is 22.8 Å². The van der Waals surface area contributed by atoms with Gasteiger partial charge in [0.2, 0.25) is 5.75 Å². The molecule has 31 heavy (non-hydrogen) atoms. The third-order valence-corrected chi connectivity index (χ3v) is 4.73. The van der Waals surface area contributed by atoms with Crippen molar-refractivity contribution in [3.63, 3.8) is 0 Å². The number of rotatable bonds is 6. The number of nitrogens with zero attached hydrogens (tertiary/aromatic N) is 2. The summed E-state index contributed by atoms with van der Waals surface area (Å²) in [6.07, 6.45) is -4.85. The van der Waals surface area contributed by atoms with Crippen LogP contribution in [-0.4, -0.2) is 22.6 Å². The van der Waals surface area contributed by atoms with Crippen LogP contribution in [0.3, 0.4) is 0 Å². The lowest BCUT2D eigenvalue weighted by Crippen LogP contribution is -2.31. The van der Waals surface area contributed by atoms with Crippen LogP contribution in [0.1, 0.15) is 33.0 Å². The zero-order valence-electron chi connectivity index (χ0n) is 16.9. The third-order valence-electron chi connectivity index (χ3n) is 4.73. The Kier molecular flexibility index (Phi) is 6.43. The predicted octanol–water partition coefficient (Wildman–Crippen LogP) is 3.33. The first-order valence-corrected chi connectivity index (χ1v) is 9.33. The van der Waals surface area contributed by atoms with Gasteiger partial charge in [-0.25, -0.2) is 4.98 Å². The van der Waals surface area contributed by atoms with Crippen LogP contribution in [0.25, 0.3) is 0 Å². The number of amides is 1. The van der Waals surface area contributed by atoms with Crippen molar-refractivity contribution >= 4 is 5.91 Å². The van der Waals surface area contributed by atoms with Crippen molar-refractivity contribution in [2.24, 2.45) is 7.05 Å². The van der Waals surface area contributed by atoms with Crippen LogP contribution >= 0.6 is 0 Å². The van der Waals surface area contributed by atoms with E-state index in [4.69, 9.17) is 4.74 Å². The first-order valence-electron chi connectivity index (χ1n) is 9.33. The summed E-state index contributed by atoms with van der Waals surface area (Å²) in [6.45, 7) is 0.186. The van der Waals surface area contributed by atoms with Crippen LogP contribution in [0.5, 0.6) is 5.75 Å². The van der Waals surface area contributed by atoms with Gasteiger partial charge >= 0.3 is 6.18 Å². The minimum Gasteiger partial charge on any atom is -0.489 e. The van der Waals surface area contributed by atoms with Crippen molar-refractivity contribution in [2.75, 3.05) is 7.11 Å². The number of carbonyl (C=O) groups is 1. The Labute approximate surface area is 176 Å². The first-order chi connectivity index (χ1) is 14.7. The zero-order valence-corrected chi connectivity index (χ0v) is 16.9. The zero-order chi connectivity index (χ0) is 22.6. The number of halogens is 3. The highest BCUT2D eigenvalue weighted by Gasteiger charge is 2.33. The molecular formula is C22H20F3N3O3. The lowest BCUT2D eigenvalue weighted by molar-refractivity contribution is -0.138. The van der Waals surface area contributed by atoms with E-state index in [1.807, 2.05) is 30.3 Å². The van der Waals surface area contributed by atoms with Crippen molar-refractivity contribution in [3.8, 4) is 5.75 Å². The molecule has 0 saturated carbocycles. The van der Waals surface area contributed by atoms with E-state index in [2.05, 4.69) is 10.3 Å². The summed E-state index contributed by atoms with van der Waals surface area (Å²) >= 11 is 0. The Bertz CT molecular complexity index is 1140. The average molecular weight is 431 g/mol. The van der Waals surface area contributed by atoms with E-state index in [1.165, 1.54) is 32.4 Å². The molecule has 162 valence electrons. The van der Waals surface area contributed by atoms with Gasteiger partial charge < -0.3 is 10.1 Å². The number of hydrogen-bond donors (Lipinski definition) is 1. The van der Waals surface area contributed by atoms with E-state index in [0.29, 0.717) is 0 Å². The highest BCUT2D eigenvalue weighted by molar-refractivity contribution is 5.94. The van der Waals surface area contributed by atoms with Crippen molar-refractivity contribution in [1.29, 1.82) is 0 Å². The van der Waals surface area contributed by atoms with Crippen molar-refractivity contribution in [1.82, 2.24) is 14.9 Å². The van der Waals surface area contributed by atoms with Gasteiger partial charge in [0.1, 0.15) is 5.82 Å². The largest absolute Gasteiger partial charge is 0.489 e. The number of methoxy groups -OCH3 is 1. The number of aromatic nitrogens is 2. The van der Waals surface area contributed by atoms with Gasteiger partial charge in [0, 0.05) is 20.0 Å². The molecule has 0 aliphatic heterocycles. The van der Waals surface area contributed by atoms with Gasteiger partial charge in [0.25, 0.3) is 11.5 Å². The van der Waals surface area contributed by atoms with E-state index in [-0.39, 0.29) is 35.8 Å². The molecule has 0 aliphatic carbocycles. The van der Waals surface area contributed by atoms with Crippen molar-refractivity contribution < 1.29 is 22.7 Å². The van der Waals surface area contributed by atoms with Crippen LogP contribution in [-0.2, 0) is 26.2 Å². The second-order valence-electron chi connectivity index (χ2n) is 6.77.